The minimum atomic E-state index is 0.617. The Morgan fingerprint density at radius 3 is 1.35 bits per heavy atom. The minimum Gasteiger partial charge on any atom is -0.0622 e. The standard InChI is InChI=1S/C17H20/c1-14(16-9-5-3-6-10-16)13-15(2)17-11-7-4-8-12-17/h3-12,14-15H,13H2,1-2H3/t14-,15?/m1/s1. The average molecular weight is 224 g/mol. The zero-order valence-corrected chi connectivity index (χ0v) is 10.6. The summed E-state index contributed by atoms with van der Waals surface area (Å²) < 4.78 is 0. The third kappa shape index (κ3) is 3.20. The Kier molecular flexibility index (Phi) is 3.98. The second kappa shape index (κ2) is 5.67. The molecule has 0 N–H and O–H groups in total. The summed E-state index contributed by atoms with van der Waals surface area (Å²) in [6.07, 6.45) is 1.20. The number of hydrogen-bond donors (Lipinski definition) is 0. The Balaban J connectivity index is 2.02. The molecule has 2 rings (SSSR count). The average Bonchev–Trinajstić information content (AvgIpc) is 2.40. The zero-order chi connectivity index (χ0) is 12.1. The molecule has 0 saturated heterocycles. The maximum Gasteiger partial charge on any atom is -0.0185 e. The van der Waals surface area contributed by atoms with Gasteiger partial charge < -0.3 is 0 Å². The van der Waals surface area contributed by atoms with Crippen LogP contribution in [0.4, 0.5) is 0 Å². The largest absolute Gasteiger partial charge is 0.0622 e. The summed E-state index contributed by atoms with van der Waals surface area (Å²) in [5, 5.41) is 0. The van der Waals surface area contributed by atoms with E-state index in [1.165, 1.54) is 17.5 Å². The maximum absolute atomic E-state index is 2.31. The molecule has 0 heteroatoms. The van der Waals surface area contributed by atoms with E-state index in [-0.39, 0.29) is 0 Å². The number of rotatable bonds is 4. The highest BCUT2D eigenvalue weighted by Crippen LogP contribution is 2.28. The van der Waals surface area contributed by atoms with Crippen LogP contribution >= 0.6 is 0 Å². The molecule has 0 radical (unpaired) electrons. The van der Waals surface area contributed by atoms with Crippen molar-refractivity contribution in [3.8, 4) is 0 Å². The molecule has 0 bridgehead atoms. The van der Waals surface area contributed by atoms with E-state index in [9.17, 15) is 0 Å². The highest BCUT2D eigenvalue weighted by atomic mass is 14.2. The van der Waals surface area contributed by atoms with Crippen molar-refractivity contribution >= 4 is 0 Å². The van der Waals surface area contributed by atoms with Crippen LogP contribution in [0.15, 0.2) is 60.7 Å². The fourth-order valence-electron chi connectivity index (χ4n) is 2.37. The summed E-state index contributed by atoms with van der Waals surface area (Å²) in [6, 6.07) is 21.6. The van der Waals surface area contributed by atoms with E-state index in [1.807, 2.05) is 0 Å². The van der Waals surface area contributed by atoms with E-state index in [0.717, 1.165) is 0 Å². The van der Waals surface area contributed by atoms with Crippen LogP contribution in [0.3, 0.4) is 0 Å². The van der Waals surface area contributed by atoms with Crippen molar-refractivity contribution in [1.29, 1.82) is 0 Å². The Morgan fingerprint density at radius 1 is 0.647 bits per heavy atom. The van der Waals surface area contributed by atoms with Gasteiger partial charge in [0.1, 0.15) is 0 Å². The molecule has 2 aromatic carbocycles. The highest BCUT2D eigenvalue weighted by Gasteiger charge is 2.11. The topological polar surface area (TPSA) is 0 Å². The summed E-state index contributed by atoms with van der Waals surface area (Å²) in [6.45, 7) is 4.63. The Bertz CT molecular complexity index is 387. The van der Waals surface area contributed by atoms with Gasteiger partial charge in [-0.15, -0.1) is 0 Å². The van der Waals surface area contributed by atoms with Gasteiger partial charge >= 0.3 is 0 Å². The van der Waals surface area contributed by atoms with E-state index in [2.05, 4.69) is 74.5 Å². The molecule has 0 aliphatic carbocycles. The second-order valence-electron chi connectivity index (χ2n) is 4.86. The minimum absolute atomic E-state index is 0.617. The van der Waals surface area contributed by atoms with E-state index in [4.69, 9.17) is 0 Å². The van der Waals surface area contributed by atoms with Gasteiger partial charge in [0.15, 0.2) is 0 Å². The summed E-state index contributed by atoms with van der Waals surface area (Å²) >= 11 is 0. The Labute approximate surface area is 104 Å². The van der Waals surface area contributed by atoms with Crippen LogP contribution in [0.5, 0.6) is 0 Å². The van der Waals surface area contributed by atoms with Crippen molar-refractivity contribution in [2.45, 2.75) is 32.1 Å². The molecule has 0 aliphatic heterocycles. The van der Waals surface area contributed by atoms with Crippen LogP contribution in [0.2, 0.25) is 0 Å². The van der Waals surface area contributed by atoms with Gasteiger partial charge in [-0.3, -0.25) is 0 Å². The fourth-order valence-corrected chi connectivity index (χ4v) is 2.37. The Hall–Kier alpha value is -1.56. The molecule has 88 valence electrons. The fraction of sp³-hybridized carbons (Fsp3) is 0.294. The quantitative estimate of drug-likeness (QED) is 0.686. The third-order valence-electron chi connectivity index (χ3n) is 3.44. The van der Waals surface area contributed by atoms with Gasteiger partial charge in [-0.25, -0.2) is 0 Å². The van der Waals surface area contributed by atoms with Crippen molar-refractivity contribution in [1.82, 2.24) is 0 Å². The molecule has 2 atom stereocenters. The first kappa shape index (κ1) is 11.9. The second-order valence-corrected chi connectivity index (χ2v) is 4.86. The lowest BCUT2D eigenvalue weighted by molar-refractivity contribution is 0.593. The lowest BCUT2D eigenvalue weighted by Gasteiger charge is -2.18. The van der Waals surface area contributed by atoms with Crippen molar-refractivity contribution < 1.29 is 0 Å². The van der Waals surface area contributed by atoms with Crippen molar-refractivity contribution in [3.05, 3.63) is 71.8 Å². The third-order valence-corrected chi connectivity index (χ3v) is 3.44. The summed E-state index contributed by atoms with van der Waals surface area (Å²) in [7, 11) is 0. The molecule has 0 spiro atoms. The Morgan fingerprint density at radius 2 is 1.00 bits per heavy atom. The molecule has 0 nitrogen and oxygen atoms in total. The number of benzene rings is 2. The van der Waals surface area contributed by atoms with E-state index in [1.54, 1.807) is 0 Å². The summed E-state index contributed by atoms with van der Waals surface area (Å²) in [5.74, 6) is 1.23. The molecule has 1 unspecified atom stereocenters. The van der Waals surface area contributed by atoms with Gasteiger partial charge in [0, 0.05) is 0 Å². The van der Waals surface area contributed by atoms with Crippen LogP contribution in [-0.2, 0) is 0 Å². The van der Waals surface area contributed by atoms with Crippen LogP contribution in [-0.4, -0.2) is 0 Å². The van der Waals surface area contributed by atoms with Crippen molar-refractivity contribution in [2.75, 3.05) is 0 Å². The molecule has 0 fully saturated rings. The molecular weight excluding hydrogens is 204 g/mol. The predicted octanol–water partition coefficient (Wildman–Crippen LogP) is 4.98. The van der Waals surface area contributed by atoms with Crippen LogP contribution in [0.25, 0.3) is 0 Å². The molecule has 0 saturated carbocycles. The lowest BCUT2D eigenvalue weighted by atomic mass is 9.87. The summed E-state index contributed by atoms with van der Waals surface area (Å²) in [4.78, 5) is 0. The molecule has 17 heavy (non-hydrogen) atoms. The molecule has 0 amide bonds. The van der Waals surface area contributed by atoms with Gasteiger partial charge in [0.05, 0.1) is 0 Å². The van der Waals surface area contributed by atoms with Gasteiger partial charge in [-0.1, -0.05) is 74.5 Å². The molecule has 0 heterocycles. The smallest absolute Gasteiger partial charge is 0.0185 e. The highest BCUT2D eigenvalue weighted by molar-refractivity contribution is 5.22. The zero-order valence-electron chi connectivity index (χ0n) is 10.6. The summed E-state index contributed by atoms with van der Waals surface area (Å²) in [5.41, 5.74) is 2.88. The lowest BCUT2D eigenvalue weighted by Crippen LogP contribution is -2.00. The molecule has 2 aromatic rings. The first-order chi connectivity index (χ1) is 8.27. The molecule has 0 aliphatic rings. The van der Waals surface area contributed by atoms with Crippen molar-refractivity contribution in [3.63, 3.8) is 0 Å². The van der Waals surface area contributed by atoms with Crippen LogP contribution < -0.4 is 0 Å². The van der Waals surface area contributed by atoms with Crippen molar-refractivity contribution in [2.24, 2.45) is 0 Å². The van der Waals surface area contributed by atoms with Gasteiger partial charge in [-0.2, -0.15) is 0 Å². The number of hydrogen-bond acceptors (Lipinski definition) is 0. The molecular formula is C17H20. The normalized spacial score (nSPS) is 14.2. The monoisotopic (exact) mass is 224 g/mol. The van der Waals surface area contributed by atoms with Gasteiger partial charge in [-0.05, 0) is 29.4 Å². The SMILES string of the molecule is CC(C[C@@H](C)c1ccccc1)c1ccccc1. The first-order valence-electron chi connectivity index (χ1n) is 6.37. The van der Waals surface area contributed by atoms with Gasteiger partial charge in [0.25, 0.3) is 0 Å². The first-order valence-corrected chi connectivity index (χ1v) is 6.37. The van der Waals surface area contributed by atoms with E-state index < -0.39 is 0 Å². The van der Waals surface area contributed by atoms with E-state index in [0.29, 0.717) is 11.8 Å². The van der Waals surface area contributed by atoms with Crippen LogP contribution in [0, 0.1) is 0 Å². The predicted molar refractivity (Wildman–Crippen MR) is 74.3 cm³/mol. The van der Waals surface area contributed by atoms with Crippen LogP contribution in [0.1, 0.15) is 43.2 Å². The van der Waals surface area contributed by atoms with E-state index >= 15 is 0 Å². The van der Waals surface area contributed by atoms with Gasteiger partial charge in [0.2, 0.25) is 0 Å². The maximum atomic E-state index is 2.31. The molecule has 0 aromatic heterocycles.